The Morgan fingerprint density at radius 2 is 0.869 bits per heavy atom. The smallest absolute Gasteiger partial charge is 0.217 e. The van der Waals surface area contributed by atoms with Crippen LogP contribution in [0.3, 0.4) is 0 Å². The molecule has 5 aliphatic heterocycles. The van der Waals surface area contributed by atoms with Gasteiger partial charge in [-0.2, -0.15) is 0 Å². The summed E-state index contributed by atoms with van der Waals surface area (Å²) in [5, 5.41) is 154. The molecule has 0 unspecified atom stereocenters. The lowest BCUT2D eigenvalue weighted by molar-refractivity contribution is -0.390. The molecule has 2 amide bonds. The Kier molecular flexibility index (Phi) is 17.5. The number of amides is 2. The molecule has 0 aliphatic carbocycles. The van der Waals surface area contributed by atoms with Crippen LogP contribution in [-0.2, 0) is 52.2 Å². The Hall–Kier alpha value is -1.98. The highest BCUT2D eigenvalue weighted by molar-refractivity contribution is 5.73. The number of ether oxygens (including phenoxy) is 9. The average Bonchev–Trinajstić information content (AvgIpc) is 3.22. The zero-order chi connectivity index (χ0) is 45.2. The molecule has 0 saturated carbocycles. The summed E-state index contributed by atoms with van der Waals surface area (Å²) in [4.78, 5) is 24.2. The summed E-state index contributed by atoms with van der Waals surface area (Å²) in [6, 6.07) is -3.22. The topological polar surface area (TPSA) is 424 Å². The largest absolute Gasteiger partial charge is 0.394 e. The Morgan fingerprint density at radius 3 is 1.44 bits per heavy atom. The van der Waals surface area contributed by atoms with Gasteiger partial charge in [-0.05, 0) is 6.92 Å². The summed E-state index contributed by atoms with van der Waals surface area (Å²) < 4.78 is 51.2. The van der Waals surface area contributed by atoms with Gasteiger partial charge in [0.25, 0.3) is 0 Å². The Labute approximate surface area is 346 Å². The van der Waals surface area contributed by atoms with Crippen molar-refractivity contribution in [3.63, 3.8) is 0 Å². The minimum absolute atomic E-state index is 0.688. The molecular weight excluding hydrogens is 836 g/mol. The van der Waals surface area contributed by atoms with E-state index in [1.165, 1.54) is 6.92 Å². The normalized spacial score (nSPS) is 49.6. The Balaban J connectivity index is 1.39. The number of nitrogens with one attached hydrogen (secondary N) is 2. The van der Waals surface area contributed by atoms with Crippen molar-refractivity contribution in [1.29, 1.82) is 0 Å². The van der Waals surface area contributed by atoms with Crippen LogP contribution in [0.2, 0.25) is 0 Å². The highest BCUT2D eigenvalue weighted by Crippen LogP contribution is 2.36. The monoisotopic (exact) mass is 894 g/mol. The number of rotatable bonds is 14. The van der Waals surface area contributed by atoms with Crippen molar-refractivity contribution < 1.29 is 124 Å². The van der Waals surface area contributed by atoms with E-state index in [-0.39, 0.29) is 0 Å². The van der Waals surface area contributed by atoms with Gasteiger partial charge in [0.2, 0.25) is 11.8 Å². The van der Waals surface area contributed by atoms with Gasteiger partial charge in [-0.1, -0.05) is 0 Å². The van der Waals surface area contributed by atoms with Crippen LogP contribution in [-0.4, -0.2) is 263 Å². The van der Waals surface area contributed by atoms with E-state index in [0.29, 0.717) is 0 Å². The molecule has 0 spiro atoms. The van der Waals surface area contributed by atoms with E-state index in [0.717, 1.165) is 13.8 Å². The maximum Gasteiger partial charge on any atom is 0.217 e. The van der Waals surface area contributed by atoms with E-state index in [4.69, 9.17) is 42.6 Å². The number of aliphatic hydroxyl groups is 14. The molecule has 0 aromatic carbocycles. The minimum Gasteiger partial charge on any atom is -0.394 e. The third kappa shape index (κ3) is 10.8. The lowest BCUT2D eigenvalue weighted by Gasteiger charge is -2.50. The summed E-state index contributed by atoms with van der Waals surface area (Å²) in [5.41, 5.74) is 0. The first-order valence-electron chi connectivity index (χ1n) is 19.5. The molecule has 5 aliphatic rings. The molecule has 27 heteroatoms. The lowest BCUT2D eigenvalue weighted by Crippen LogP contribution is -2.70. The van der Waals surface area contributed by atoms with Crippen LogP contribution in [0, 0.1) is 0 Å². The molecular formula is C34H58N2O25. The highest BCUT2D eigenvalue weighted by Gasteiger charge is 2.57. The second-order valence-corrected chi connectivity index (χ2v) is 15.4. The summed E-state index contributed by atoms with van der Waals surface area (Å²) in [6.07, 6.45) is -40.9. The van der Waals surface area contributed by atoms with Crippen molar-refractivity contribution in [3.8, 4) is 0 Å². The van der Waals surface area contributed by atoms with Gasteiger partial charge in [0.1, 0.15) is 116 Å². The predicted octanol–water partition coefficient (Wildman–Crippen LogP) is -10.6. The molecule has 16 N–H and O–H groups in total. The quantitative estimate of drug-likeness (QED) is 0.0770. The van der Waals surface area contributed by atoms with Crippen molar-refractivity contribution in [2.45, 2.75) is 174 Å². The maximum absolute atomic E-state index is 12.5. The van der Waals surface area contributed by atoms with Crippen LogP contribution in [0.15, 0.2) is 0 Å². The van der Waals surface area contributed by atoms with Crippen molar-refractivity contribution in [2.75, 3.05) is 26.4 Å². The number of carbonyl (C=O) groups excluding carboxylic acids is 2. The predicted molar refractivity (Wildman–Crippen MR) is 188 cm³/mol. The zero-order valence-corrected chi connectivity index (χ0v) is 33.0. The highest BCUT2D eigenvalue weighted by atomic mass is 16.8. The van der Waals surface area contributed by atoms with Gasteiger partial charge >= 0.3 is 0 Å². The third-order valence-electron chi connectivity index (χ3n) is 11.1. The molecule has 5 fully saturated rings. The van der Waals surface area contributed by atoms with Crippen LogP contribution >= 0.6 is 0 Å². The molecule has 0 aromatic rings. The van der Waals surface area contributed by atoms with Crippen LogP contribution < -0.4 is 10.6 Å². The van der Waals surface area contributed by atoms with E-state index >= 15 is 0 Å². The molecule has 0 radical (unpaired) electrons. The molecule has 0 bridgehead atoms. The summed E-state index contributed by atoms with van der Waals surface area (Å²) in [5.74, 6) is -1.50. The summed E-state index contributed by atoms with van der Waals surface area (Å²) >= 11 is 0. The van der Waals surface area contributed by atoms with E-state index in [9.17, 15) is 81.1 Å². The SMILES string of the molecule is CC(=O)N[C@@H]1[C@@H](O)[C@H](O[C@@H]2O[C@H](CO)[C@H](O)[C@H](O[C@@H]3O[C@H](CO)[C@@H](O[C@@H]4O[C@H](CO)[C@H](O)[C@H](O)[C@H]4O[C@H]4O[C@H](C)[C@H](O)[C@H](O)[C@H]4O)[C@H](O)[C@H]3NC(C)=O)[C@H]2O)[C@@H](CO)O[C@H]1O. The molecule has 5 heterocycles. The van der Waals surface area contributed by atoms with Gasteiger partial charge in [-0.3, -0.25) is 9.59 Å². The Bertz CT molecular complexity index is 1420. The fraction of sp³-hybridized carbons (Fsp3) is 0.941. The Morgan fingerprint density at radius 1 is 0.426 bits per heavy atom. The van der Waals surface area contributed by atoms with E-state index in [1.807, 2.05) is 0 Å². The fourth-order valence-electron chi connectivity index (χ4n) is 7.76. The van der Waals surface area contributed by atoms with Gasteiger partial charge in [-0.15, -0.1) is 0 Å². The van der Waals surface area contributed by atoms with E-state index in [2.05, 4.69) is 10.6 Å². The van der Waals surface area contributed by atoms with Gasteiger partial charge in [0.05, 0.1) is 32.5 Å². The standard InChI is InChI=1S/C34H58N2O25/c1-8-17(43)22(48)24(50)32(53-8)61-29-23(49)18(44)11(4-37)56-34(29)59-27-14(7-40)57-31(16(21(27)47)36-10(3)42)60-28-19(45)12(5-38)55-33(25(28)51)58-26-13(6-39)54-30(52)15(20(26)46)35-9(2)41/h8,11-34,37-40,43-52H,4-7H2,1-3H3,(H,35,41)(H,36,42)/t8-,11-,12-,13-,14-,15-,16-,17+,18+,19+,20-,21-,22+,23+,24-,25-,26-,27-,28+,29-,30-,31+,32-,33+,34+/m1/s1. The summed E-state index contributed by atoms with van der Waals surface area (Å²) in [6.45, 7) is -0.239. The van der Waals surface area contributed by atoms with Gasteiger partial charge in [0.15, 0.2) is 31.5 Å². The second-order valence-electron chi connectivity index (χ2n) is 15.4. The minimum atomic E-state index is -2.09. The molecule has 27 nitrogen and oxygen atoms in total. The first-order valence-corrected chi connectivity index (χ1v) is 19.5. The number of hydrogen-bond donors (Lipinski definition) is 16. The van der Waals surface area contributed by atoms with Crippen LogP contribution in [0.25, 0.3) is 0 Å². The molecule has 61 heavy (non-hydrogen) atoms. The summed E-state index contributed by atoms with van der Waals surface area (Å²) in [7, 11) is 0. The van der Waals surface area contributed by atoms with Crippen molar-refractivity contribution in [1.82, 2.24) is 10.6 Å². The van der Waals surface area contributed by atoms with Crippen molar-refractivity contribution in [3.05, 3.63) is 0 Å². The van der Waals surface area contributed by atoms with Crippen LogP contribution in [0.4, 0.5) is 0 Å². The maximum atomic E-state index is 12.5. The van der Waals surface area contributed by atoms with Gasteiger partial charge in [-0.25, -0.2) is 0 Å². The number of hydrogen-bond acceptors (Lipinski definition) is 25. The molecule has 354 valence electrons. The fourth-order valence-corrected chi connectivity index (χ4v) is 7.76. The first kappa shape index (κ1) is 50.0. The lowest BCUT2D eigenvalue weighted by atomic mass is 9.94. The van der Waals surface area contributed by atoms with Crippen LogP contribution in [0.5, 0.6) is 0 Å². The third-order valence-corrected chi connectivity index (χ3v) is 11.1. The van der Waals surface area contributed by atoms with E-state index < -0.39 is 192 Å². The molecule has 0 aromatic heterocycles. The molecule has 5 rings (SSSR count). The number of carbonyl (C=O) groups is 2. The first-order chi connectivity index (χ1) is 28.8. The van der Waals surface area contributed by atoms with E-state index in [1.54, 1.807) is 0 Å². The van der Waals surface area contributed by atoms with Gasteiger partial charge in [0, 0.05) is 13.8 Å². The second kappa shape index (κ2) is 21.3. The van der Waals surface area contributed by atoms with Crippen LogP contribution in [0.1, 0.15) is 20.8 Å². The van der Waals surface area contributed by atoms with Crippen molar-refractivity contribution >= 4 is 11.8 Å². The zero-order valence-electron chi connectivity index (χ0n) is 33.0. The molecule has 25 atom stereocenters. The van der Waals surface area contributed by atoms with Gasteiger partial charge < -0.3 is 125 Å². The number of aliphatic hydroxyl groups excluding tert-OH is 14. The van der Waals surface area contributed by atoms with Crippen molar-refractivity contribution in [2.24, 2.45) is 0 Å². The average molecular weight is 895 g/mol. The molecule has 5 saturated heterocycles.